The monoisotopic (exact) mass is 395 g/mol. The highest BCUT2D eigenvalue weighted by Crippen LogP contribution is 2.43. The van der Waals surface area contributed by atoms with Gasteiger partial charge in [0.2, 0.25) is 11.6 Å². The van der Waals surface area contributed by atoms with Crippen LogP contribution >= 0.6 is 11.8 Å². The molecule has 1 saturated heterocycles. The summed E-state index contributed by atoms with van der Waals surface area (Å²) in [6.45, 7) is 0.969. The summed E-state index contributed by atoms with van der Waals surface area (Å²) in [5.74, 6) is -2.56. The summed E-state index contributed by atoms with van der Waals surface area (Å²) < 4.78 is 9.94. The van der Waals surface area contributed by atoms with Crippen LogP contribution in [0.4, 0.5) is 0 Å². The molecule has 4 N–H and O–H groups in total. The first-order valence-electron chi connectivity index (χ1n) is 7.90. The van der Waals surface area contributed by atoms with Crippen LogP contribution < -0.4 is 11.1 Å². The van der Waals surface area contributed by atoms with Crippen LogP contribution in [0.15, 0.2) is 34.1 Å². The van der Waals surface area contributed by atoms with E-state index in [4.69, 9.17) is 14.9 Å². The number of β-lactam (4-membered cyclic amide) rings is 1. The van der Waals surface area contributed by atoms with Crippen LogP contribution in [0, 0.1) is 0 Å². The Morgan fingerprint density at radius 2 is 2.26 bits per heavy atom. The molecule has 2 aliphatic rings. The van der Waals surface area contributed by atoms with Gasteiger partial charge in [-0.15, -0.1) is 11.8 Å². The van der Waals surface area contributed by atoms with Gasteiger partial charge in [0.25, 0.3) is 5.91 Å². The van der Waals surface area contributed by atoms with Gasteiger partial charge in [-0.1, -0.05) is 0 Å². The van der Waals surface area contributed by atoms with Crippen molar-refractivity contribution in [3.8, 4) is 0 Å². The molecule has 1 aromatic rings. The molecule has 2 aliphatic heterocycles. The van der Waals surface area contributed by atoms with Crippen LogP contribution in [0.2, 0.25) is 0 Å². The summed E-state index contributed by atoms with van der Waals surface area (Å²) in [5.41, 5.74) is 4.38. The van der Waals surface area contributed by atoms with Crippen molar-refractivity contribution >= 4 is 35.5 Å². The second-order valence-corrected chi connectivity index (χ2v) is 7.12. The van der Waals surface area contributed by atoms with Gasteiger partial charge in [-0.2, -0.15) is 0 Å². The van der Waals surface area contributed by atoms with Crippen molar-refractivity contribution in [3.05, 3.63) is 35.4 Å². The minimum absolute atomic E-state index is 0.101. The number of carbonyl (C=O) groups is 4. The predicted molar refractivity (Wildman–Crippen MR) is 91.9 cm³/mol. The molecule has 3 heterocycles. The van der Waals surface area contributed by atoms with Gasteiger partial charge in [0, 0.05) is 18.2 Å². The van der Waals surface area contributed by atoms with Crippen molar-refractivity contribution in [2.75, 3.05) is 12.4 Å². The van der Waals surface area contributed by atoms with Crippen LogP contribution in [0.25, 0.3) is 0 Å². The molecule has 0 radical (unpaired) electrons. The van der Waals surface area contributed by atoms with Crippen molar-refractivity contribution in [1.29, 1.82) is 0 Å². The molecule has 1 unspecified atom stereocenters. The number of carbonyl (C=O) groups excluding carboxylic acids is 3. The fourth-order valence-electron chi connectivity index (χ4n) is 2.91. The number of ether oxygens (including phenoxy) is 1. The number of carboxylic acids is 1. The third-order valence-corrected chi connectivity index (χ3v) is 5.51. The zero-order valence-corrected chi connectivity index (χ0v) is 15.1. The van der Waals surface area contributed by atoms with E-state index in [1.54, 1.807) is 12.1 Å². The first-order valence-corrected chi connectivity index (χ1v) is 8.95. The molecule has 11 heteroatoms. The highest BCUT2D eigenvalue weighted by atomic mass is 32.2. The largest absolute Gasteiger partial charge is 0.477 e. The molecule has 144 valence electrons. The molecule has 1 aromatic heterocycles. The van der Waals surface area contributed by atoms with Crippen LogP contribution in [-0.2, 0) is 30.3 Å². The number of fused-ring (bicyclic) bond motifs is 1. The van der Waals surface area contributed by atoms with E-state index in [9.17, 15) is 24.3 Å². The SMILES string of the molecule is CC(=O)OCC1=C(C(=O)O)N2C(=O)C(N)(NC(=O)Cc3ccco3)[C@H]2SC1. The highest BCUT2D eigenvalue weighted by Gasteiger charge is 2.63. The number of furan rings is 1. The van der Waals surface area contributed by atoms with Gasteiger partial charge in [-0.3, -0.25) is 25.0 Å². The smallest absolute Gasteiger partial charge is 0.352 e. The summed E-state index contributed by atoms with van der Waals surface area (Å²) in [5, 5.41) is 11.2. The third-order valence-electron chi connectivity index (χ3n) is 4.10. The number of amides is 2. The normalized spacial score (nSPS) is 24.1. The van der Waals surface area contributed by atoms with E-state index in [0.717, 1.165) is 4.90 Å². The number of rotatable bonds is 6. The number of thioether (sulfide) groups is 1. The van der Waals surface area contributed by atoms with E-state index in [0.29, 0.717) is 5.76 Å². The van der Waals surface area contributed by atoms with Crippen molar-refractivity contribution in [1.82, 2.24) is 10.2 Å². The van der Waals surface area contributed by atoms with Crippen LogP contribution in [0.5, 0.6) is 0 Å². The molecule has 27 heavy (non-hydrogen) atoms. The summed E-state index contributed by atoms with van der Waals surface area (Å²) in [4.78, 5) is 48.4. The Balaban J connectivity index is 1.76. The van der Waals surface area contributed by atoms with Gasteiger partial charge >= 0.3 is 11.9 Å². The maximum atomic E-state index is 12.6. The molecular weight excluding hydrogens is 378 g/mol. The molecule has 3 rings (SSSR count). The molecule has 2 atom stereocenters. The lowest BCUT2D eigenvalue weighted by molar-refractivity contribution is -0.159. The Bertz CT molecular complexity index is 835. The second-order valence-electron chi connectivity index (χ2n) is 6.05. The van der Waals surface area contributed by atoms with Crippen molar-refractivity contribution in [3.63, 3.8) is 0 Å². The van der Waals surface area contributed by atoms with E-state index in [1.165, 1.54) is 24.9 Å². The fourth-order valence-corrected chi connectivity index (χ4v) is 4.26. The maximum Gasteiger partial charge on any atom is 0.352 e. The first kappa shape index (κ1) is 19.0. The summed E-state index contributed by atoms with van der Waals surface area (Å²) in [7, 11) is 0. The number of hydrogen-bond acceptors (Lipinski definition) is 8. The Hall–Kier alpha value is -2.79. The number of carboxylic acid groups (broad SMARTS) is 1. The van der Waals surface area contributed by atoms with Crippen LogP contribution in [0.3, 0.4) is 0 Å². The topological polar surface area (TPSA) is 152 Å². The number of hydrogen-bond donors (Lipinski definition) is 3. The molecule has 0 saturated carbocycles. The molecule has 0 bridgehead atoms. The number of aliphatic carboxylic acids is 1. The Kier molecular flexibility index (Phi) is 4.98. The summed E-state index contributed by atoms with van der Waals surface area (Å²) >= 11 is 1.18. The summed E-state index contributed by atoms with van der Waals surface area (Å²) in [6, 6.07) is 3.24. The molecule has 2 amide bonds. The highest BCUT2D eigenvalue weighted by molar-refractivity contribution is 8.00. The average molecular weight is 395 g/mol. The molecule has 0 aliphatic carbocycles. The van der Waals surface area contributed by atoms with E-state index < -0.39 is 34.8 Å². The van der Waals surface area contributed by atoms with Crippen molar-refractivity contribution in [2.45, 2.75) is 24.4 Å². The van der Waals surface area contributed by atoms with Crippen LogP contribution in [0.1, 0.15) is 12.7 Å². The number of nitrogens with one attached hydrogen (secondary N) is 1. The lowest BCUT2D eigenvalue weighted by Gasteiger charge is -2.55. The molecular formula is C16H17N3O7S. The van der Waals surface area contributed by atoms with Gasteiger partial charge in [-0.25, -0.2) is 4.79 Å². The standard InChI is InChI=1S/C16H17N3O7S/c1-8(20)26-6-9-7-27-15-16(17,14(24)19(15)12(9)13(22)23)18-11(21)5-10-3-2-4-25-10/h2-4,15H,5-7,17H2,1H3,(H,18,21)(H,22,23)/t15-,16?/m1/s1. The zero-order valence-electron chi connectivity index (χ0n) is 14.3. The third kappa shape index (κ3) is 3.43. The van der Waals surface area contributed by atoms with Gasteiger partial charge < -0.3 is 19.6 Å². The van der Waals surface area contributed by atoms with E-state index in [1.807, 2.05) is 0 Å². The zero-order chi connectivity index (χ0) is 19.8. The number of esters is 1. The Morgan fingerprint density at radius 1 is 1.52 bits per heavy atom. The van der Waals surface area contributed by atoms with Gasteiger partial charge in [0.15, 0.2) is 0 Å². The predicted octanol–water partition coefficient (Wildman–Crippen LogP) is -0.590. The molecule has 10 nitrogen and oxygen atoms in total. The van der Waals surface area contributed by atoms with Crippen molar-refractivity contribution in [2.24, 2.45) is 5.73 Å². The van der Waals surface area contributed by atoms with Gasteiger partial charge in [0.05, 0.1) is 12.7 Å². The lowest BCUT2D eigenvalue weighted by Crippen LogP contribution is -2.84. The summed E-state index contributed by atoms with van der Waals surface area (Å²) in [6.07, 6.45) is 1.32. The number of nitrogens with zero attached hydrogens (tertiary/aromatic N) is 1. The minimum Gasteiger partial charge on any atom is -0.477 e. The van der Waals surface area contributed by atoms with Crippen molar-refractivity contribution < 1.29 is 33.4 Å². The van der Waals surface area contributed by atoms with E-state index >= 15 is 0 Å². The van der Waals surface area contributed by atoms with Gasteiger partial charge in [-0.05, 0) is 12.1 Å². The van der Waals surface area contributed by atoms with E-state index in [2.05, 4.69) is 5.32 Å². The maximum absolute atomic E-state index is 12.6. The molecule has 0 aromatic carbocycles. The average Bonchev–Trinajstić information content (AvgIpc) is 3.11. The first-order chi connectivity index (χ1) is 12.7. The lowest BCUT2D eigenvalue weighted by atomic mass is 9.96. The Labute approximate surface area is 157 Å². The quantitative estimate of drug-likeness (QED) is 0.326. The number of nitrogens with two attached hydrogens (primary N) is 1. The Morgan fingerprint density at radius 3 is 2.85 bits per heavy atom. The van der Waals surface area contributed by atoms with Crippen LogP contribution in [-0.4, -0.2) is 57.2 Å². The second kappa shape index (κ2) is 7.08. The minimum atomic E-state index is -1.72. The fraction of sp³-hybridized carbons (Fsp3) is 0.375. The molecule has 1 fully saturated rings. The molecule has 0 spiro atoms. The van der Waals surface area contributed by atoms with Gasteiger partial charge in [0.1, 0.15) is 23.4 Å². The van der Waals surface area contributed by atoms with E-state index in [-0.39, 0.29) is 30.1 Å².